The summed E-state index contributed by atoms with van der Waals surface area (Å²) in [5.41, 5.74) is 1.75. The van der Waals surface area contributed by atoms with Crippen molar-refractivity contribution in [1.82, 2.24) is 4.57 Å². The van der Waals surface area contributed by atoms with Crippen LogP contribution in [0.25, 0.3) is 6.08 Å². The summed E-state index contributed by atoms with van der Waals surface area (Å²) in [6.07, 6.45) is 1.39. The number of esters is 1. The number of hydrogen-bond acceptors (Lipinski definition) is 7. The van der Waals surface area contributed by atoms with Crippen LogP contribution in [0.15, 0.2) is 61.9 Å². The molecule has 0 radical (unpaired) electrons. The van der Waals surface area contributed by atoms with Crippen molar-refractivity contribution in [1.29, 1.82) is 0 Å². The second kappa shape index (κ2) is 11.2. The second-order valence-electron chi connectivity index (χ2n) is 8.54. The molecule has 2 aromatic carbocycles. The van der Waals surface area contributed by atoms with Crippen LogP contribution in [-0.2, 0) is 9.53 Å². The average Bonchev–Trinajstić information content (AvgIpc) is 3.13. The van der Waals surface area contributed by atoms with E-state index in [0.29, 0.717) is 49.3 Å². The summed E-state index contributed by atoms with van der Waals surface area (Å²) in [6, 6.07) is 9.92. The van der Waals surface area contributed by atoms with Gasteiger partial charge in [-0.2, -0.15) is 0 Å². The van der Waals surface area contributed by atoms with E-state index in [-0.39, 0.29) is 17.2 Å². The molecule has 4 rings (SSSR count). The zero-order valence-corrected chi connectivity index (χ0v) is 24.2. The highest BCUT2D eigenvalue weighted by Crippen LogP contribution is 2.37. The van der Waals surface area contributed by atoms with Gasteiger partial charge in [0.15, 0.2) is 4.80 Å². The molecule has 3 aromatic rings. The van der Waals surface area contributed by atoms with Crippen LogP contribution < -0.4 is 24.4 Å². The number of rotatable bonds is 7. The molecule has 0 bridgehead atoms. The summed E-state index contributed by atoms with van der Waals surface area (Å²) < 4.78 is 19.7. The van der Waals surface area contributed by atoms with E-state index in [1.165, 1.54) is 15.9 Å². The van der Waals surface area contributed by atoms with Gasteiger partial charge in [0.05, 0.1) is 35.6 Å². The van der Waals surface area contributed by atoms with Gasteiger partial charge in [-0.05, 0) is 70.2 Å². The molecule has 1 atom stereocenters. The molecule has 194 valence electrons. The van der Waals surface area contributed by atoms with Crippen LogP contribution in [0.2, 0.25) is 5.02 Å². The van der Waals surface area contributed by atoms with Crippen molar-refractivity contribution in [3.63, 3.8) is 0 Å². The molecule has 1 aromatic heterocycles. The fourth-order valence-electron chi connectivity index (χ4n) is 4.13. The molecule has 1 aliphatic rings. The van der Waals surface area contributed by atoms with Crippen LogP contribution in [0, 0.1) is 0 Å². The Balaban J connectivity index is 2.01. The average molecular weight is 606 g/mol. The zero-order valence-electron chi connectivity index (χ0n) is 21.0. The molecule has 0 saturated carbocycles. The van der Waals surface area contributed by atoms with Crippen molar-refractivity contribution in [3.8, 4) is 11.5 Å². The van der Waals surface area contributed by atoms with Crippen molar-refractivity contribution < 1.29 is 19.0 Å². The highest BCUT2D eigenvalue weighted by atomic mass is 79.9. The maximum Gasteiger partial charge on any atom is 0.338 e. The van der Waals surface area contributed by atoms with Gasteiger partial charge in [-0.15, -0.1) is 0 Å². The first-order chi connectivity index (χ1) is 17.6. The standard InChI is InChI=1S/C27H26BrClN2O5S/c1-6-35-20-10-8-18(29)11-16(20)12-22-25(32)31-24(19-13-17(28)7-9-21(19)34-5)23(26(33)36-14(2)3)15(4)30-27(31)37-22/h7-14,24H,6H2,1-5H3/b22-12-/t24-/m1/s1. The van der Waals surface area contributed by atoms with Crippen molar-refractivity contribution in [2.45, 2.75) is 39.8 Å². The van der Waals surface area contributed by atoms with Gasteiger partial charge >= 0.3 is 5.97 Å². The Morgan fingerprint density at radius 3 is 2.65 bits per heavy atom. The number of carbonyl (C=O) groups excluding carboxylic acids is 1. The minimum atomic E-state index is -0.803. The molecule has 10 heteroatoms. The van der Waals surface area contributed by atoms with Crippen LogP contribution in [-0.4, -0.2) is 30.4 Å². The molecule has 7 nitrogen and oxygen atoms in total. The number of halogens is 2. The maximum absolute atomic E-state index is 13.9. The van der Waals surface area contributed by atoms with Crippen molar-refractivity contribution in [2.75, 3.05) is 13.7 Å². The minimum absolute atomic E-state index is 0.279. The fraction of sp³-hybridized carbons (Fsp3) is 0.296. The Labute approximate surface area is 231 Å². The highest BCUT2D eigenvalue weighted by molar-refractivity contribution is 9.10. The summed E-state index contributed by atoms with van der Waals surface area (Å²) in [7, 11) is 1.55. The fourth-order valence-corrected chi connectivity index (χ4v) is 5.73. The van der Waals surface area contributed by atoms with Crippen LogP contribution in [0.1, 0.15) is 44.9 Å². The predicted octanol–water partition coefficient (Wildman–Crippen LogP) is 5.01. The number of benzene rings is 2. The van der Waals surface area contributed by atoms with E-state index in [0.717, 1.165) is 4.47 Å². The normalized spacial score (nSPS) is 15.5. The third kappa shape index (κ3) is 5.54. The molecular weight excluding hydrogens is 580 g/mol. The minimum Gasteiger partial charge on any atom is -0.496 e. The highest BCUT2D eigenvalue weighted by Gasteiger charge is 2.35. The number of carbonyl (C=O) groups is 1. The van der Waals surface area contributed by atoms with Crippen molar-refractivity contribution in [2.24, 2.45) is 4.99 Å². The maximum atomic E-state index is 13.9. The monoisotopic (exact) mass is 604 g/mol. The number of nitrogens with zero attached hydrogens (tertiary/aromatic N) is 2. The molecule has 0 aliphatic carbocycles. The van der Waals surface area contributed by atoms with Gasteiger partial charge < -0.3 is 14.2 Å². The van der Waals surface area contributed by atoms with E-state index >= 15 is 0 Å². The second-order valence-corrected chi connectivity index (χ2v) is 10.9. The SMILES string of the molecule is CCOc1ccc(Cl)cc1/C=c1\sc2n(c1=O)[C@H](c1cc(Br)ccc1OC)C(C(=O)OC(C)C)=C(C)N=2. The molecule has 0 amide bonds. The Morgan fingerprint density at radius 1 is 1.24 bits per heavy atom. The Hall–Kier alpha value is -2.88. The summed E-state index contributed by atoms with van der Waals surface area (Å²) in [5.74, 6) is 0.604. The smallest absolute Gasteiger partial charge is 0.338 e. The predicted molar refractivity (Wildman–Crippen MR) is 148 cm³/mol. The van der Waals surface area contributed by atoms with Gasteiger partial charge in [-0.25, -0.2) is 9.79 Å². The lowest BCUT2D eigenvalue weighted by Gasteiger charge is -2.26. The number of thiazole rings is 1. The number of allylic oxidation sites excluding steroid dienone is 1. The third-order valence-corrected chi connectivity index (χ3v) is 7.34. The van der Waals surface area contributed by atoms with Crippen molar-refractivity contribution >= 4 is 50.9 Å². The first-order valence-corrected chi connectivity index (χ1v) is 13.6. The van der Waals surface area contributed by atoms with Gasteiger partial charge in [-0.3, -0.25) is 9.36 Å². The molecule has 0 N–H and O–H groups in total. The first kappa shape index (κ1) is 27.2. The molecule has 1 aliphatic heterocycles. The summed E-state index contributed by atoms with van der Waals surface area (Å²) in [6.45, 7) is 7.65. The van der Waals surface area contributed by atoms with Crippen LogP contribution >= 0.6 is 38.9 Å². The molecule has 0 spiro atoms. The molecule has 0 unspecified atom stereocenters. The van der Waals surface area contributed by atoms with E-state index in [1.54, 1.807) is 58.2 Å². The van der Waals surface area contributed by atoms with E-state index in [1.807, 2.05) is 19.1 Å². The molecule has 0 saturated heterocycles. The Kier molecular flexibility index (Phi) is 8.26. The number of hydrogen-bond donors (Lipinski definition) is 0. The zero-order chi connectivity index (χ0) is 26.9. The molecule has 37 heavy (non-hydrogen) atoms. The van der Waals surface area contributed by atoms with Gasteiger partial charge in [0, 0.05) is 20.6 Å². The third-order valence-electron chi connectivity index (χ3n) is 5.63. The largest absolute Gasteiger partial charge is 0.496 e. The number of methoxy groups -OCH3 is 1. The first-order valence-electron chi connectivity index (χ1n) is 11.6. The molecule has 2 heterocycles. The van der Waals surface area contributed by atoms with E-state index in [2.05, 4.69) is 20.9 Å². The van der Waals surface area contributed by atoms with Crippen LogP contribution in [0.4, 0.5) is 0 Å². The summed E-state index contributed by atoms with van der Waals surface area (Å²) in [4.78, 5) is 32.3. The van der Waals surface area contributed by atoms with Crippen LogP contribution in [0.5, 0.6) is 11.5 Å². The van der Waals surface area contributed by atoms with E-state index < -0.39 is 12.0 Å². The van der Waals surface area contributed by atoms with Gasteiger partial charge in [0.1, 0.15) is 17.5 Å². The number of aromatic nitrogens is 1. The summed E-state index contributed by atoms with van der Waals surface area (Å²) >= 11 is 11.0. The molecule has 0 fully saturated rings. The Morgan fingerprint density at radius 2 is 1.97 bits per heavy atom. The quantitative estimate of drug-likeness (QED) is 0.354. The molecular formula is C27H26BrClN2O5S. The van der Waals surface area contributed by atoms with E-state index in [4.69, 9.17) is 25.8 Å². The van der Waals surface area contributed by atoms with Crippen molar-refractivity contribution in [3.05, 3.63) is 88.0 Å². The van der Waals surface area contributed by atoms with Gasteiger partial charge in [-0.1, -0.05) is 38.9 Å². The van der Waals surface area contributed by atoms with Gasteiger partial charge in [0.25, 0.3) is 5.56 Å². The van der Waals surface area contributed by atoms with Crippen LogP contribution in [0.3, 0.4) is 0 Å². The number of fused-ring (bicyclic) bond motifs is 1. The lowest BCUT2D eigenvalue weighted by Crippen LogP contribution is -2.40. The van der Waals surface area contributed by atoms with Gasteiger partial charge in [0.2, 0.25) is 0 Å². The topological polar surface area (TPSA) is 79.1 Å². The van der Waals surface area contributed by atoms with E-state index in [9.17, 15) is 9.59 Å². The summed E-state index contributed by atoms with van der Waals surface area (Å²) in [5, 5.41) is 0.522. The number of ether oxygens (including phenoxy) is 3. The lowest BCUT2D eigenvalue weighted by molar-refractivity contribution is -0.143. The lowest BCUT2D eigenvalue weighted by atomic mass is 9.95. The Bertz CT molecular complexity index is 1570.